The molecule has 0 N–H and O–H groups in total. The first-order valence-corrected chi connectivity index (χ1v) is 17.5. The van der Waals surface area contributed by atoms with Gasteiger partial charge in [0.2, 0.25) is 0 Å². The van der Waals surface area contributed by atoms with Gasteiger partial charge in [0.25, 0.3) is 11.5 Å². The Morgan fingerprint density at radius 3 is 2.50 bits per heavy atom. The van der Waals surface area contributed by atoms with Crippen molar-refractivity contribution in [3.05, 3.63) is 115 Å². The Morgan fingerprint density at radius 2 is 1.83 bits per heavy atom. The number of hydrogen-bond acceptors (Lipinski definition) is 7. The van der Waals surface area contributed by atoms with Crippen LogP contribution in [0.4, 0.5) is 4.39 Å². The molecule has 0 aliphatic carbocycles. The molecule has 4 aromatic rings. The lowest BCUT2D eigenvalue weighted by Gasteiger charge is -2.30. The maximum atomic E-state index is 14.4. The second kappa shape index (κ2) is 14.7. The van der Waals surface area contributed by atoms with E-state index in [1.165, 1.54) is 17.4 Å². The lowest BCUT2D eigenvalue weighted by Crippen LogP contribution is -2.43. The Kier molecular flexibility index (Phi) is 10.9. The largest absolute Gasteiger partial charge is 0.497 e. The van der Waals surface area contributed by atoms with E-state index in [1.54, 1.807) is 73.1 Å². The molecule has 12 heteroatoms. The van der Waals surface area contributed by atoms with Crippen molar-refractivity contribution >= 4 is 68.5 Å². The van der Waals surface area contributed by atoms with Gasteiger partial charge in [0.15, 0.2) is 4.80 Å². The molecule has 2 heterocycles. The van der Waals surface area contributed by atoms with Crippen LogP contribution < -0.4 is 29.1 Å². The number of hydrogen-bond donors (Lipinski definition) is 0. The Hall–Kier alpha value is -3.24. The average molecular weight is 868 g/mol. The number of likely N-dealkylation sites (N-methyl/N-ethyl adjacent to an activating group) is 1. The van der Waals surface area contributed by atoms with Crippen LogP contribution in [0, 0.1) is 13.0 Å². The number of carbonyl (C=O) groups is 1. The van der Waals surface area contributed by atoms with Crippen molar-refractivity contribution in [1.29, 1.82) is 0 Å². The van der Waals surface area contributed by atoms with Crippen molar-refractivity contribution in [2.24, 2.45) is 4.99 Å². The molecule has 46 heavy (non-hydrogen) atoms. The highest BCUT2D eigenvalue weighted by molar-refractivity contribution is 14.1. The van der Waals surface area contributed by atoms with Gasteiger partial charge >= 0.3 is 0 Å². The van der Waals surface area contributed by atoms with Crippen LogP contribution in [0.25, 0.3) is 6.08 Å². The summed E-state index contributed by atoms with van der Waals surface area (Å²) in [5, 5.41) is 0. The van der Waals surface area contributed by atoms with Crippen LogP contribution in [0.15, 0.2) is 75.7 Å². The molecule has 3 aromatic carbocycles. The summed E-state index contributed by atoms with van der Waals surface area (Å²) in [7, 11) is 3.12. The molecule has 5 rings (SSSR count). The van der Waals surface area contributed by atoms with E-state index in [9.17, 15) is 14.0 Å². The molecule has 0 saturated heterocycles. The van der Waals surface area contributed by atoms with Crippen molar-refractivity contribution in [3.63, 3.8) is 0 Å². The standard InChI is InChI=1S/C34H32FI2N3O5S/c1-6-39(7-2)33(42)29-19(3)38-34-40(30(29)24-17-23(43-4)12-13-27(24)44-5)32(41)28(46-34)15-21-14-22(36)16-26(37)31(21)45-18-20-10-8-9-11-25(20)35/h8-17,30H,6-7,18H2,1-5H3/b28-15+/t30-/m0/s1. The number of rotatable bonds is 10. The molecule has 0 radical (unpaired) electrons. The van der Waals surface area contributed by atoms with Crippen LogP contribution in [0.1, 0.15) is 43.5 Å². The number of ether oxygens (including phenoxy) is 3. The number of aromatic nitrogens is 1. The van der Waals surface area contributed by atoms with Crippen molar-refractivity contribution < 1.29 is 23.4 Å². The maximum absolute atomic E-state index is 14.4. The molecule has 240 valence electrons. The number of nitrogens with zero attached hydrogens (tertiary/aromatic N) is 3. The molecule has 1 aliphatic heterocycles. The first kappa shape index (κ1) is 34.1. The molecular formula is C34H32FI2N3O5S. The lowest BCUT2D eigenvalue weighted by atomic mass is 9.93. The van der Waals surface area contributed by atoms with Gasteiger partial charge in [-0.05, 0) is 108 Å². The fourth-order valence-electron chi connectivity index (χ4n) is 5.37. The van der Waals surface area contributed by atoms with Crippen molar-refractivity contribution in [2.45, 2.75) is 33.4 Å². The van der Waals surface area contributed by atoms with Crippen LogP contribution in [-0.2, 0) is 11.4 Å². The van der Waals surface area contributed by atoms with Gasteiger partial charge in [-0.3, -0.25) is 14.2 Å². The topological polar surface area (TPSA) is 82.4 Å². The minimum absolute atomic E-state index is 0.0248. The number of allylic oxidation sites excluding steroid dienone is 1. The Bertz CT molecular complexity index is 2020. The first-order valence-electron chi connectivity index (χ1n) is 14.5. The van der Waals surface area contributed by atoms with Crippen LogP contribution in [-0.4, -0.2) is 42.7 Å². The average Bonchev–Trinajstić information content (AvgIpc) is 3.34. The summed E-state index contributed by atoms with van der Waals surface area (Å²) >= 11 is 5.63. The Morgan fingerprint density at radius 1 is 1.09 bits per heavy atom. The molecule has 1 atom stereocenters. The number of carbonyl (C=O) groups excluding carboxylic acids is 1. The summed E-state index contributed by atoms with van der Waals surface area (Å²) in [6.07, 6.45) is 1.77. The Labute approximate surface area is 297 Å². The molecule has 0 bridgehead atoms. The summed E-state index contributed by atoms with van der Waals surface area (Å²) in [5.41, 5.74) is 2.31. The highest BCUT2D eigenvalue weighted by atomic mass is 127. The summed E-state index contributed by atoms with van der Waals surface area (Å²) in [5.74, 6) is 1.06. The molecule has 0 spiro atoms. The van der Waals surface area contributed by atoms with Gasteiger partial charge in [0.1, 0.15) is 35.7 Å². The lowest BCUT2D eigenvalue weighted by molar-refractivity contribution is -0.127. The normalized spacial score (nSPS) is 14.5. The quantitative estimate of drug-likeness (QED) is 0.182. The number of amides is 1. The molecule has 1 aromatic heterocycles. The fraction of sp³-hybridized carbons (Fsp3) is 0.265. The smallest absolute Gasteiger partial charge is 0.271 e. The zero-order valence-electron chi connectivity index (χ0n) is 25.9. The van der Waals surface area contributed by atoms with Gasteiger partial charge < -0.3 is 19.1 Å². The van der Waals surface area contributed by atoms with Gasteiger partial charge in [0.05, 0.1) is 33.6 Å². The van der Waals surface area contributed by atoms with E-state index in [0.717, 1.165) is 7.14 Å². The van der Waals surface area contributed by atoms with Gasteiger partial charge in [-0.15, -0.1) is 0 Å². The molecule has 1 aliphatic rings. The van der Waals surface area contributed by atoms with Crippen LogP contribution in [0.3, 0.4) is 0 Å². The van der Waals surface area contributed by atoms with Crippen molar-refractivity contribution in [2.75, 3.05) is 27.3 Å². The zero-order valence-corrected chi connectivity index (χ0v) is 31.0. The van der Waals surface area contributed by atoms with E-state index in [-0.39, 0.29) is 23.9 Å². The molecular weight excluding hydrogens is 835 g/mol. The third kappa shape index (κ3) is 6.74. The van der Waals surface area contributed by atoms with E-state index in [4.69, 9.17) is 19.2 Å². The second-order valence-electron chi connectivity index (χ2n) is 10.4. The third-order valence-corrected chi connectivity index (χ3v) is 10.1. The van der Waals surface area contributed by atoms with E-state index in [2.05, 4.69) is 45.2 Å². The van der Waals surface area contributed by atoms with E-state index < -0.39 is 6.04 Å². The molecule has 1 amide bonds. The summed E-state index contributed by atoms with van der Waals surface area (Å²) in [4.78, 5) is 35.4. The van der Waals surface area contributed by atoms with Crippen molar-refractivity contribution in [3.8, 4) is 17.2 Å². The van der Waals surface area contributed by atoms with Crippen LogP contribution in [0.2, 0.25) is 0 Å². The van der Waals surface area contributed by atoms with Gasteiger partial charge in [-0.1, -0.05) is 29.5 Å². The number of benzene rings is 3. The summed E-state index contributed by atoms with van der Waals surface area (Å²) in [6, 6.07) is 14.9. The minimum atomic E-state index is -0.815. The highest BCUT2D eigenvalue weighted by Crippen LogP contribution is 2.38. The summed E-state index contributed by atoms with van der Waals surface area (Å²) < 4.78 is 35.6. The summed E-state index contributed by atoms with van der Waals surface area (Å²) in [6.45, 7) is 6.66. The van der Waals surface area contributed by atoms with Crippen LogP contribution >= 0.6 is 56.5 Å². The molecule has 0 fully saturated rings. The zero-order chi connectivity index (χ0) is 33.1. The number of methoxy groups -OCH3 is 2. The molecule has 0 unspecified atom stereocenters. The fourth-order valence-corrected chi connectivity index (χ4v) is 8.45. The third-order valence-electron chi connectivity index (χ3n) is 7.69. The Balaban J connectivity index is 1.72. The number of fused-ring (bicyclic) bond motifs is 1. The maximum Gasteiger partial charge on any atom is 0.271 e. The van der Waals surface area contributed by atoms with Crippen molar-refractivity contribution in [1.82, 2.24) is 9.47 Å². The first-order chi connectivity index (χ1) is 22.1. The number of thiazole rings is 1. The van der Waals surface area contributed by atoms with E-state index >= 15 is 0 Å². The van der Waals surface area contributed by atoms with E-state index in [1.807, 2.05) is 26.0 Å². The number of halogens is 3. The predicted octanol–water partition coefficient (Wildman–Crippen LogP) is 6.05. The van der Waals surface area contributed by atoms with Crippen LogP contribution in [0.5, 0.6) is 17.2 Å². The van der Waals surface area contributed by atoms with Gasteiger partial charge in [0, 0.05) is 33.4 Å². The molecule has 8 nitrogen and oxygen atoms in total. The predicted molar refractivity (Wildman–Crippen MR) is 194 cm³/mol. The molecule has 0 saturated carbocycles. The monoisotopic (exact) mass is 867 g/mol. The van der Waals surface area contributed by atoms with Gasteiger partial charge in [-0.25, -0.2) is 9.38 Å². The van der Waals surface area contributed by atoms with E-state index in [0.29, 0.717) is 67.6 Å². The minimum Gasteiger partial charge on any atom is -0.497 e. The SMILES string of the molecule is CCN(CC)C(=O)C1=C(C)N=c2s/c(=C/c3cc(I)cc(I)c3OCc3ccccc3F)c(=O)n2[C@H]1c1cc(OC)ccc1OC. The second-order valence-corrected chi connectivity index (χ2v) is 13.8. The highest BCUT2D eigenvalue weighted by Gasteiger charge is 2.36. The van der Waals surface area contributed by atoms with Gasteiger partial charge in [-0.2, -0.15) is 0 Å².